The maximum absolute atomic E-state index is 13.1. The quantitative estimate of drug-likeness (QED) is 0.760. The number of carbonyl (C=O) groups excluding carboxylic acids is 1. The van der Waals surface area contributed by atoms with Gasteiger partial charge in [-0.25, -0.2) is 4.39 Å². The van der Waals surface area contributed by atoms with E-state index in [0.717, 1.165) is 17.9 Å². The number of hydrogen-bond acceptors (Lipinski definition) is 3. The van der Waals surface area contributed by atoms with E-state index in [0.29, 0.717) is 5.69 Å². The van der Waals surface area contributed by atoms with Crippen molar-refractivity contribution in [2.24, 2.45) is 0 Å². The summed E-state index contributed by atoms with van der Waals surface area (Å²) in [6, 6.07) is 11.4. The molecule has 1 amide bonds. The Kier molecular flexibility index (Phi) is 6.44. The van der Waals surface area contributed by atoms with Gasteiger partial charge in [0.25, 0.3) is 0 Å². The van der Waals surface area contributed by atoms with Gasteiger partial charge in [-0.1, -0.05) is 18.5 Å². The zero-order chi connectivity index (χ0) is 17.5. The Morgan fingerprint density at radius 1 is 1.21 bits per heavy atom. The maximum atomic E-state index is 13.1. The first-order valence-corrected chi connectivity index (χ1v) is 8.11. The van der Waals surface area contributed by atoms with E-state index in [4.69, 9.17) is 16.3 Å². The van der Waals surface area contributed by atoms with Crippen molar-refractivity contribution in [2.75, 3.05) is 17.2 Å². The number of carbonyl (C=O) groups is 1. The van der Waals surface area contributed by atoms with E-state index in [1.165, 1.54) is 18.2 Å². The lowest BCUT2D eigenvalue weighted by atomic mass is 10.2. The molecule has 0 aliphatic carbocycles. The van der Waals surface area contributed by atoms with Gasteiger partial charge in [-0.15, -0.1) is 0 Å². The number of hydrogen-bond donors (Lipinski definition) is 2. The van der Waals surface area contributed by atoms with E-state index in [1.807, 2.05) is 31.2 Å². The van der Waals surface area contributed by atoms with Crippen LogP contribution in [0.2, 0.25) is 5.02 Å². The molecule has 2 N–H and O–H groups in total. The van der Waals surface area contributed by atoms with E-state index >= 15 is 0 Å². The summed E-state index contributed by atoms with van der Waals surface area (Å²) >= 11 is 5.68. The fraction of sp³-hybridized carbons (Fsp3) is 0.278. The third kappa shape index (κ3) is 5.42. The summed E-state index contributed by atoms with van der Waals surface area (Å²) < 4.78 is 18.8. The second-order valence-electron chi connectivity index (χ2n) is 5.39. The molecule has 4 nitrogen and oxygen atoms in total. The number of halogens is 2. The number of benzene rings is 2. The number of amides is 1. The number of nitrogens with one attached hydrogen (secondary N) is 2. The van der Waals surface area contributed by atoms with E-state index < -0.39 is 5.82 Å². The molecule has 1 atom stereocenters. The van der Waals surface area contributed by atoms with Crippen molar-refractivity contribution in [3.63, 3.8) is 0 Å². The molecule has 0 bridgehead atoms. The second kappa shape index (κ2) is 8.55. The van der Waals surface area contributed by atoms with E-state index in [9.17, 15) is 9.18 Å². The number of anilines is 2. The Morgan fingerprint density at radius 3 is 2.50 bits per heavy atom. The third-order valence-electron chi connectivity index (χ3n) is 3.42. The fourth-order valence-electron chi connectivity index (χ4n) is 1.93. The average molecular weight is 351 g/mol. The Labute approximate surface area is 146 Å². The van der Waals surface area contributed by atoms with Gasteiger partial charge in [-0.2, -0.15) is 0 Å². The first kappa shape index (κ1) is 18.1. The summed E-state index contributed by atoms with van der Waals surface area (Å²) in [6.07, 6.45) is 1.10. The second-order valence-corrected chi connectivity index (χ2v) is 5.80. The average Bonchev–Trinajstić information content (AvgIpc) is 2.57. The van der Waals surface area contributed by atoms with Crippen molar-refractivity contribution in [1.29, 1.82) is 0 Å². The molecular formula is C18H20ClFN2O2. The molecule has 0 aliphatic heterocycles. The SMILES string of the molecule is CCC(C)Oc1ccc(NCC(=O)Nc2ccc(F)c(Cl)c2)cc1. The molecule has 0 fully saturated rings. The Hall–Kier alpha value is -2.27. The van der Waals surface area contributed by atoms with E-state index in [2.05, 4.69) is 17.6 Å². The summed E-state index contributed by atoms with van der Waals surface area (Å²) in [4.78, 5) is 11.9. The zero-order valence-electron chi connectivity index (χ0n) is 13.6. The van der Waals surface area contributed by atoms with Gasteiger partial charge in [0.2, 0.25) is 5.91 Å². The van der Waals surface area contributed by atoms with Crippen LogP contribution in [-0.2, 0) is 4.79 Å². The van der Waals surface area contributed by atoms with Gasteiger partial charge in [0.1, 0.15) is 11.6 Å². The predicted molar refractivity (Wildman–Crippen MR) is 95.4 cm³/mol. The zero-order valence-corrected chi connectivity index (χ0v) is 14.4. The summed E-state index contributed by atoms with van der Waals surface area (Å²) in [5, 5.41) is 5.63. The van der Waals surface area contributed by atoms with Gasteiger partial charge < -0.3 is 15.4 Å². The lowest BCUT2D eigenvalue weighted by Gasteiger charge is -2.13. The molecule has 6 heteroatoms. The van der Waals surface area contributed by atoms with Crippen LogP contribution in [0.15, 0.2) is 42.5 Å². The molecular weight excluding hydrogens is 331 g/mol. The van der Waals surface area contributed by atoms with Gasteiger partial charge in [0, 0.05) is 11.4 Å². The monoisotopic (exact) mass is 350 g/mol. The van der Waals surface area contributed by atoms with Crippen LogP contribution >= 0.6 is 11.6 Å². The summed E-state index contributed by atoms with van der Waals surface area (Å²) in [5.41, 5.74) is 1.25. The van der Waals surface area contributed by atoms with Crippen molar-refractivity contribution in [1.82, 2.24) is 0 Å². The molecule has 24 heavy (non-hydrogen) atoms. The number of rotatable bonds is 7. The first-order chi connectivity index (χ1) is 11.5. The highest BCUT2D eigenvalue weighted by Gasteiger charge is 2.06. The molecule has 0 radical (unpaired) electrons. The largest absolute Gasteiger partial charge is 0.491 e. The minimum Gasteiger partial charge on any atom is -0.491 e. The van der Waals surface area contributed by atoms with Gasteiger partial charge in [-0.05, 0) is 55.8 Å². The van der Waals surface area contributed by atoms with Crippen LogP contribution in [-0.4, -0.2) is 18.6 Å². The van der Waals surface area contributed by atoms with Crippen molar-refractivity contribution in [3.05, 3.63) is 53.3 Å². The van der Waals surface area contributed by atoms with Crippen molar-refractivity contribution < 1.29 is 13.9 Å². The molecule has 2 aromatic carbocycles. The van der Waals surface area contributed by atoms with E-state index in [1.54, 1.807) is 0 Å². The highest BCUT2D eigenvalue weighted by atomic mass is 35.5. The van der Waals surface area contributed by atoms with Crippen molar-refractivity contribution >= 4 is 28.9 Å². The fourth-order valence-corrected chi connectivity index (χ4v) is 2.11. The van der Waals surface area contributed by atoms with Crippen molar-refractivity contribution in [3.8, 4) is 5.75 Å². The molecule has 0 saturated heterocycles. The first-order valence-electron chi connectivity index (χ1n) is 7.73. The minimum atomic E-state index is -0.521. The third-order valence-corrected chi connectivity index (χ3v) is 3.71. The van der Waals surface area contributed by atoms with Crippen LogP contribution in [0.4, 0.5) is 15.8 Å². The molecule has 2 rings (SSSR count). The topological polar surface area (TPSA) is 50.4 Å². The highest BCUT2D eigenvalue weighted by Crippen LogP contribution is 2.20. The van der Waals surface area contributed by atoms with Gasteiger partial charge in [0.15, 0.2) is 0 Å². The van der Waals surface area contributed by atoms with E-state index in [-0.39, 0.29) is 23.6 Å². The van der Waals surface area contributed by atoms with Crippen molar-refractivity contribution in [2.45, 2.75) is 26.4 Å². The Bertz CT molecular complexity index is 692. The lowest BCUT2D eigenvalue weighted by molar-refractivity contribution is -0.114. The molecule has 0 saturated carbocycles. The molecule has 2 aromatic rings. The molecule has 0 spiro atoms. The van der Waals surface area contributed by atoms with Crippen LogP contribution in [0.1, 0.15) is 20.3 Å². The molecule has 1 unspecified atom stereocenters. The Balaban J connectivity index is 1.84. The summed E-state index contributed by atoms with van der Waals surface area (Å²) in [5.74, 6) is 0.0189. The van der Waals surface area contributed by atoms with Gasteiger partial charge in [-0.3, -0.25) is 4.79 Å². The maximum Gasteiger partial charge on any atom is 0.243 e. The van der Waals surface area contributed by atoms with Crippen LogP contribution in [0, 0.1) is 5.82 Å². The smallest absolute Gasteiger partial charge is 0.243 e. The standard InChI is InChI=1S/C18H20ClFN2O2/c1-3-12(2)24-15-7-4-13(5-8-15)21-11-18(23)22-14-6-9-17(20)16(19)10-14/h4-10,12,21H,3,11H2,1-2H3,(H,22,23). The lowest BCUT2D eigenvalue weighted by Crippen LogP contribution is -2.21. The molecule has 128 valence electrons. The van der Waals surface area contributed by atoms with Crippen LogP contribution in [0.3, 0.4) is 0 Å². The predicted octanol–water partition coefficient (Wildman–Crippen LogP) is 4.71. The molecule has 0 aliphatic rings. The normalized spacial score (nSPS) is 11.7. The molecule has 0 aromatic heterocycles. The van der Waals surface area contributed by atoms with Crippen LogP contribution in [0.25, 0.3) is 0 Å². The Morgan fingerprint density at radius 2 is 1.88 bits per heavy atom. The van der Waals surface area contributed by atoms with Gasteiger partial charge in [0.05, 0.1) is 17.7 Å². The van der Waals surface area contributed by atoms with Crippen LogP contribution < -0.4 is 15.4 Å². The van der Waals surface area contributed by atoms with Crippen LogP contribution in [0.5, 0.6) is 5.75 Å². The summed E-state index contributed by atoms with van der Waals surface area (Å²) in [7, 11) is 0. The molecule has 0 heterocycles. The highest BCUT2D eigenvalue weighted by molar-refractivity contribution is 6.31. The van der Waals surface area contributed by atoms with Gasteiger partial charge >= 0.3 is 0 Å². The number of ether oxygens (including phenoxy) is 1. The summed E-state index contributed by atoms with van der Waals surface area (Å²) in [6.45, 7) is 4.16. The minimum absolute atomic E-state index is 0.0299.